The van der Waals surface area contributed by atoms with E-state index in [1.165, 1.54) is 0 Å². The molecule has 1 aromatic rings. The third-order valence-electron chi connectivity index (χ3n) is 12.5. The number of rotatable bonds is 5. The third kappa shape index (κ3) is 4.19. The molecule has 0 bridgehead atoms. The quantitative estimate of drug-likeness (QED) is 0.493. The Bertz CT molecular complexity index is 984. The predicted octanol–water partition coefficient (Wildman–Crippen LogP) is 5.42. The molecular formula is C32H49NO4. The van der Waals surface area contributed by atoms with E-state index in [1.54, 1.807) is 4.90 Å². The van der Waals surface area contributed by atoms with Crippen LogP contribution < -0.4 is 4.90 Å². The monoisotopic (exact) mass is 511 g/mol. The molecule has 5 rings (SSSR count). The van der Waals surface area contributed by atoms with Crippen LogP contribution >= 0.6 is 0 Å². The molecule has 0 heterocycles. The van der Waals surface area contributed by atoms with E-state index in [1.807, 2.05) is 37.4 Å². The van der Waals surface area contributed by atoms with Crippen LogP contribution in [0.4, 0.5) is 5.69 Å². The van der Waals surface area contributed by atoms with Crippen molar-refractivity contribution >= 4 is 11.6 Å². The Morgan fingerprint density at radius 1 is 1.03 bits per heavy atom. The number of aliphatic hydroxyl groups is 3. The molecule has 5 nitrogen and oxygen atoms in total. The largest absolute Gasteiger partial charge is 0.393 e. The van der Waals surface area contributed by atoms with E-state index in [0.717, 1.165) is 57.1 Å². The molecule has 0 aromatic heterocycles. The van der Waals surface area contributed by atoms with E-state index < -0.39 is 6.10 Å². The first-order valence-electron chi connectivity index (χ1n) is 14.8. The molecule has 5 heteroatoms. The maximum atomic E-state index is 13.0. The van der Waals surface area contributed by atoms with Gasteiger partial charge in [-0.05, 0) is 109 Å². The van der Waals surface area contributed by atoms with Gasteiger partial charge in [-0.25, -0.2) is 0 Å². The lowest BCUT2D eigenvalue weighted by Crippen LogP contribution is -2.65. The zero-order valence-corrected chi connectivity index (χ0v) is 23.6. The fourth-order valence-corrected chi connectivity index (χ4v) is 10.1. The molecule has 4 aliphatic carbocycles. The molecule has 4 fully saturated rings. The third-order valence-corrected chi connectivity index (χ3v) is 12.5. The standard InChI is InChI=1S/C32H49NO4/c1-20(11-14-28(37)33(5)21-9-7-6-8-10-21)23-12-13-24-29-25(17-27(36)32(23,24)4)31(3)16-15-22(34)18-30(31,2)19-26(29)35/h6-10,20,22-27,29,34-36H,11-19H2,1-5H3/t20-,22-,23-,24+,25+,26-,27+,29+,30+,31-,32-/m1/s1. The second-order valence-corrected chi connectivity index (χ2v) is 14.0. The van der Waals surface area contributed by atoms with Crippen molar-refractivity contribution in [1.29, 1.82) is 0 Å². The van der Waals surface area contributed by atoms with Crippen LogP contribution in [0.15, 0.2) is 30.3 Å². The molecule has 37 heavy (non-hydrogen) atoms. The Morgan fingerprint density at radius 3 is 2.43 bits per heavy atom. The highest BCUT2D eigenvalue weighted by molar-refractivity contribution is 5.92. The van der Waals surface area contributed by atoms with Crippen LogP contribution in [-0.4, -0.2) is 46.6 Å². The summed E-state index contributed by atoms with van der Waals surface area (Å²) in [5.41, 5.74) is 0.642. The summed E-state index contributed by atoms with van der Waals surface area (Å²) in [5.74, 6) is 1.63. The van der Waals surface area contributed by atoms with Crippen LogP contribution in [0, 0.1) is 45.8 Å². The molecule has 11 atom stereocenters. The molecule has 1 aromatic carbocycles. The van der Waals surface area contributed by atoms with Gasteiger partial charge in [0.15, 0.2) is 0 Å². The van der Waals surface area contributed by atoms with Crippen LogP contribution in [0.2, 0.25) is 0 Å². The summed E-state index contributed by atoms with van der Waals surface area (Å²) in [6.07, 6.45) is 6.45. The molecule has 4 aliphatic rings. The molecular weight excluding hydrogens is 462 g/mol. The van der Waals surface area contributed by atoms with E-state index in [-0.39, 0.29) is 46.2 Å². The Hall–Kier alpha value is -1.43. The summed E-state index contributed by atoms with van der Waals surface area (Å²) >= 11 is 0. The van der Waals surface area contributed by atoms with Crippen molar-refractivity contribution in [3.8, 4) is 0 Å². The van der Waals surface area contributed by atoms with Crippen molar-refractivity contribution in [2.45, 2.75) is 104 Å². The smallest absolute Gasteiger partial charge is 0.226 e. The van der Waals surface area contributed by atoms with E-state index in [0.29, 0.717) is 24.2 Å². The van der Waals surface area contributed by atoms with Gasteiger partial charge in [0.1, 0.15) is 0 Å². The second kappa shape index (κ2) is 9.64. The number of anilines is 1. The molecule has 1 amide bonds. The van der Waals surface area contributed by atoms with Gasteiger partial charge in [-0.1, -0.05) is 45.9 Å². The van der Waals surface area contributed by atoms with Gasteiger partial charge < -0.3 is 20.2 Å². The first kappa shape index (κ1) is 27.1. The van der Waals surface area contributed by atoms with Crippen molar-refractivity contribution in [1.82, 2.24) is 0 Å². The van der Waals surface area contributed by atoms with Crippen molar-refractivity contribution in [2.24, 2.45) is 45.8 Å². The Balaban J connectivity index is 1.32. The number of benzene rings is 1. The number of nitrogens with zero attached hydrogens (tertiary/aromatic N) is 1. The molecule has 4 saturated carbocycles. The van der Waals surface area contributed by atoms with Crippen LogP contribution in [0.25, 0.3) is 0 Å². The fourth-order valence-electron chi connectivity index (χ4n) is 10.1. The molecule has 0 aliphatic heterocycles. The van der Waals surface area contributed by atoms with Gasteiger partial charge in [-0.15, -0.1) is 0 Å². The minimum atomic E-state index is -0.394. The molecule has 3 N–H and O–H groups in total. The number of amides is 1. The van der Waals surface area contributed by atoms with Crippen molar-refractivity contribution in [3.63, 3.8) is 0 Å². The number of carbonyl (C=O) groups is 1. The maximum Gasteiger partial charge on any atom is 0.226 e. The lowest BCUT2D eigenvalue weighted by Gasteiger charge is -2.67. The van der Waals surface area contributed by atoms with E-state index in [9.17, 15) is 20.1 Å². The van der Waals surface area contributed by atoms with Gasteiger partial charge in [0, 0.05) is 19.2 Å². The number of fused-ring (bicyclic) bond motifs is 5. The number of hydrogen-bond donors (Lipinski definition) is 3. The molecule has 0 saturated heterocycles. The highest BCUT2D eigenvalue weighted by Gasteiger charge is 2.68. The summed E-state index contributed by atoms with van der Waals surface area (Å²) < 4.78 is 0. The lowest BCUT2D eigenvalue weighted by molar-refractivity contribution is -0.233. The summed E-state index contributed by atoms with van der Waals surface area (Å²) in [7, 11) is 1.85. The van der Waals surface area contributed by atoms with Gasteiger partial charge in [0.25, 0.3) is 0 Å². The van der Waals surface area contributed by atoms with Gasteiger partial charge >= 0.3 is 0 Å². The van der Waals surface area contributed by atoms with E-state index >= 15 is 0 Å². The first-order valence-corrected chi connectivity index (χ1v) is 14.8. The van der Waals surface area contributed by atoms with E-state index in [4.69, 9.17) is 0 Å². The normalized spacial score (nSPS) is 45.9. The van der Waals surface area contributed by atoms with Crippen molar-refractivity contribution in [3.05, 3.63) is 30.3 Å². The average molecular weight is 512 g/mol. The summed E-state index contributed by atoms with van der Waals surface area (Å²) in [6.45, 7) is 9.23. The lowest BCUT2D eigenvalue weighted by atomic mass is 9.39. The molecule has 0 spiro atoms. The van der Waals surface area contributed by atoms with Gasteiger partial charge in [0.2, 0.25) is 5.91 Å². The summed E-state index contributed by atoms with van der Waals surface area (Å²) in [6, 6.07) is 9.80. The fraction of sp³-hybridized carbons (Fsp3) is 0.781. The Morgan fingerprint density at radius 2 is 1.73 bits per heavy atom. The second-order valence-electron chi connectivity index (χ2n) is 14.0. The highest BCUT2D eigenvalue weighted by atomic mass is 16.3. The van der Waals surface area contributed by atoms with Gasteiger partial charge in [-0.2, -0.15) is 0 Å². The highest BCUT2D eigenvalue weighted by Crippen LogP contribution is 2.71. The predicted molar refractivity (Wildman–Crippen MR) is 147 cm³/mol. The van der Waals surface area contributed by atoms with Crippen LogP contribution in [0.1, 0.15) is 85.5 Å². The summed E-state index contributed by atoms with van der Waals surface area (Å²) in [4.78, 5) is 14.7. The van der Waals surface area contributed by atoms with Gasteiger partial charge in [-0.3, -0.25) is 4.79 Å². The maximum absolute atomic E-state index is 13.0. The summed E-state index contributed by atoms with van der Waals surface area (Å²) in [5, 5.41) is 33.9. The number of carbonyl (C=O) groups excluding carboxylic acids is 1. The number of para-hydroxylation sites is 1. The molecule has 206 valence electrons. The average Bonchev–Trinajstić information content (AvgIpc) is 3.22. The number of aliphatic hydroxyl groups excluding tert-OH is 3. The zero-order chi connectivity index (χ0) is 26.8. The SMILES string of the molecule is C[C@H](CCC(=O)N(C)c1ccccc1)[C@H]1CC[C@H]2[C@@H]3[C@H](O)C[C@]4(C)C[C@H](O)CC[C@]4(C)[C@H]3C[C@H](O)[C@]12C. The van der Waals surface area contributed by atoms with Crippen LogP contribution in [0.5, 0.6) is 0 Å². The van der Waals surface area contributed by atoms with Crippen molar-refractivity contribution in [2.75, 3.05) is 11.9 Å². The van der Waals surface area contributed by atoms with E-state index in [2.05, 4.69) is 27.7 Å². The first-order chi connectivity index (χ1) is 17.4. The van der Waals surface area contributed by atoms with Crippen LogP contribution in [-0.2, 0) is 4.79 Å². The van der Waals surface area contributed by atoms with Crippen LogP contribution in [0.3, 0.4) is 0 Å². The van der Waals surface area contributed by atoms with Gasteiger partial charge in [0.05, 0.1) is 18.3 Å². The Kier molecular flexibility index (Phi) is 7.07. The molecule has 0 radical (unpaired) electrons. The van der Waals surface area contributed by atoms with Crippen molar-refractivity contribution < 1.29 is 20.1 Å². The minimum absolute atomic E-state index is 0.0383. The topological polar surface area (TPSA) is 81.0 Å². The number of hydrogen-bond acceptors (Lipinski definition) is 4. The Labute approximate surface area is 223 Å². The zero-order valence-electron chi connectivity index (χ0n) is 23.6. The minimum Gasteiger partial charge on any atom is -0.393 e. The molecule has 0 unspecified atom stereocenters.